The molecule has 0 aromatic carbocycles. The van der Waals surface area contributed by atoms with Crippen molar-refractivity contribution >= 4 is 5.97 Å². The van der Waals surface area contributed by atoms with Crippen molar-refractivity contribution in [3.63, 3.8) is 0 Å². The van der Waals surface area contributed by atoms with Crippen molar-refractivity contribution in [3.8, 4) is 0 Å². The third kappa shape index (κ3) is 4.58. The Hall–Kier alpha value is -1.40. The summed E-state index contributed by atoms with van der Waals surface area (Å²) in [5.74, 6) is -1.00. The van der Waals surface area contributed by atoms with Crippen LogP contribution in [0, 0.1) is 0 Å². The van der Waals surface area contributed by atoms with Crippen LogP contribution in [0.25, 0.3) is 0 Å². The zero-order chi connectivity index (χ0) is 10.4. The Kier molecular flexibility index (Phi) is 4.09. The molecule has 0 unspecified atom stereocenters. The smallest absolute Gasteiger partial charge is 0.320 e. The molecule has 5 N–H and O–H groups in total. The Morgan fingerprint density at radius 1 is 1.71 bits per heavy atom. The molecule has 1 fully saturated rings. The van der Waals surface area contributed by atoms with E-state index < -0.39 is 12.0 Å². The number of aliphatic carboxylic acids is 1. The number of H-pyrrole nitrogens is 1. The summed E-state index contributed by atoms with van der Waals surface area (Å²) in [7, 11) is 0. The molecule has 0 saturated carbocycles. The number of aromatic amines is 1. The normalized spacial score (nSPS) is 15.2. The second-order valence-electron chi connectivity index (χ2n) is 2.98. The van der Waals surface area contributed by atoms with Crippen LogP contribution in [0.15, 0.2) is 12.5 Å². The minimum absolute atomic E-state index is 0.287. The highest BCUT2D eigenvalue weighted by Gasteiger charge is 2.11. The van der Waals surface area contributed by atoms with E-state index in [1.165, 1.54) is 19.4 Å². The molecule has 6 nitrogen and oxygen atoms in total. The topological polar surface area (TPSA) is 114 Å². The number of nitrogens with two attached hydrogens (primary N) is 1. The van der Waals surface area contributed by atoms with Gasteiger partial charge in [0.2, 0.25) is 0 Å². The fourth-order valence-electron chi connectivity index (χ4n) is 0.721. The van der Waals surface area contributed by atoms with Crippen molar-refractivity contribution < 1.29 is 9.90 Å². The summed E-state index contributed by atoms with van der Waals surface area (Å²) in [6.07, 6.45) is 3.34. The van der Waals surface area contributed by atoms with Gasteiger partial charge in [-0.25, -0.2) is 4.98 Å². The zero-order valence-corrected chi connectivity index (χ0v) is 7.73. The van der Waals surface area contributed by atoms with Crippen LogP contribution in [0.5, 0.6) is 0 Å². The molecule has 6 heteroatoms. The molecule has 0 bridgehead atoms. The monoisotopic (exact) mass is 198 g/mol. The highest BCUT2D eigenvalue weighted by atomic mass is 16.4. The van der Waals surface area contributed by atoms with Gasteiger partial charge < -0.3 is 21.1 Å². The molecule has 1 aliphatic heterocycles. The third-order valence-corrected chi connectivity index (χ3v) is 1.56. The van der Waals surface area contributed by atoms with E-state index in [0.717, 1.165) is 5.69 Å². The number of hydrogen-bond donors (Lipinski definition) is 4. The number of hydrogen-bond acceptors (Lipinski definition) is 4. The van der Waals surface area contributed by atoms with Crippen molar-refractivity contribution in [2.24, 2.45) is 5.73 Å². The summed E-state index contributed by atoms with van der Waals surface area (Å²) < 4.78 is 0. The molecule has 14 heavy (non-hydrogen) atoms. The summed E-state index contributed by atoms with van der Waals surface area (Å²) in [5, 5.41) is 11.4. The van der Waals surface area contributed by atoms with E-state index in [1.807, 2.05) is 0 Å². The maximum atomic E-state index is 10.3. The van der Waals surface area contributed by atoms with Crippen molar-refractivity contribution in [2.45, 2.75) is 12.5 Å². The minimum atomic E-state index is -1.00. The summed E-state index contributed by atoms with van der Waals surface area (Å²) in [4.78, 5) is 16.8. The molecular formula is C8H14N4O2. The molecular weight excluding hydrogens is 184 g/mol. The van der Waals surface area contributed by atoms with E-state index in [1.54, 1.807) is 6.20 Å². The van der Waals surface area contributed by atoms with Gasteiger partial charge in [-0.2, -0.15) is 0 Å². The van der Waals surface area contributed by atoms with Crippen molar-refractivity contribution in [1.82, 2.24) is 15.3 Å². The molecule has 0 aliphatic carbocycles. The van der Waals surface area contributed by atoms with Gasteiger partial charge in [0.25, 0.3) is 0 Å². The number of nitrogens with one attached hydrogen (secondary N) is 2. The molecule has 2 heterocycles. The molecule has 0 amide bonds. The number of nitrogens with zero attached hydrogens (tertiary/aromatic N) is 1. The maximum absolute atomic E-state index is 10.3. The summed E-state index contributed by atoms with van der Waals surface area (Å²) in [6, 6.07) is -0.851. The molecule has 1 aromatic rings. The first-order valence-corrected chi connectivity index (χ1v) is 4.36. The van der Waals surface area contributed by atoms with Gasteiger partial charge in [0.05, 0.1) is 6.33 Å². The van der Waals surface area contributed by atoms with Crippen LogP contribution in [0.2, 0.25) is 0 Å². The Bertz CT molecular complexity index is 268. The molecule has 2 rings (SSSR count). The predicted molar refractivity (Wildman–Crippen MR) is 50.8 cm³/mol. The fourth-order valence-corrected chi connectivity index (χ4v) is 0.721. The highest BCUT2D eigenvalue weighted by molar-refractivity contribution is 5.73. The standard InChI is InChI=1S/C6H9N3O2.C2H5N/c7-5(6(10)11)1-4-2-8-3-9-4;1-2-3-1/h2-3,5H,1,7H2,(H,8,9)(H,10,11);3H,1-2H2/t5-;/m0./s1. The Balaban J connectivity index is 0.000000276. The van der Waals surface area contributed by atoms with Gasteiger partial charge in [-0.3, -0.25) is 4.79 Å². The Morgan fingerprint density at radius 2 is 2.36 bits per heavy atom. The summed E-state index contributed by atoms with van der Waals surface area (Å²) in [5.41, 5.74) is 6.00. The minimum Gasteiger partial charge on any atom is -0.480 e. The third-order valence-electron chi connectivity index (χ3n) is 1.56. The van der Waals surface area contributed by atoms with E-state index in [-0.39, 0.29) is 6.42 Å². The number of carbonyl (C=O) groups is 1. The number of imidazole rings is 1. The zero-order valence-electron chi connectivity index (χ0n) is 7.73. The van der Waals surface area contributed by atoms with E-state index >= 15 is 0 Å². The lowest BCUT2D eigenvalue weighted by Crippen LogP contribution is -2.32. The van der Waals surface area contributed by atoms with Crippen LogP contribution in [-0.4, -0.2) is 40.2 Å². The van der Waals surface area contributed by atoms with E-state index in [4.69, 9.17) is 10.8 Å². The largest absolute Gasteiger partial charge is 0.480 e. The van der Waals surface area contributed by atoms with Crippen LogP contribution in [0.3, 0.4) is 0 Å². The number of aromatic nitrogens is 2. The van der Waals surface area contributed by atoms with E-state index in [0.29, 0.717) is 0 Å². The van der Waals surface area contributed by atoms with Crippen LogP contribution in [0.1, 0.15) is 5.69 Å². The van der Waals surface area contributed by atoms with Gasteiger partial charge in [0.15, 0.2) is 0 Å². The average molecular weight is 198 g/mol. The molecule has 78 valence electrons. The fraction of sp³-hybridized carbons (Fsp3) is 0.500. The maximum Gasteiger partial charge on any atom is 0.320 e. The summed E-state index contributed by atoms with van der Waals surface area (Å²) >= 11 is 0. The van der Waals surface area contributed by atoms with E-state index in [9.17, 15) is 4.79 Å². The lowest BCUT2D eigenvalue weighted by Gasteiger charge is -2.02. The predicted octanol–water partition coefficient (Wildman–Crippen LogP) is -1.05. The SMILES string of the molecule is C1CN1.N[C@@H](Cc1cnc[nH]1)C(=O)O. The lowest BCUT2D eigenvalue weighted by molar-refractivity contribution is -0.138. The van der Waals surface area contributed by atoms with Crippen LogP contribution in [-0.2, 0) is 11.2 Å². The molecule has 0 radical (unpaired) electrons. The first-order chi connectivity index (χ1) is 6.70. The van der Waals surface area contributed by atoms with Gasteiger partial charge in [0, 0.05) is 31.4 Å². The quantitative estimate of drug-likeness (QED) is 0.463. The second-order valence-corrected chi connectivity index (χ2v) is 2.98. The van der Waals surface area contributed by atoms with E-state index in [2.05, 4.69) is 15.3 Å². The van der Waals surface area contributed by atoms with Crippen LogP contribution >= 0.6 is 0 Å². The molecule has 1 aromatic heterocycles. The first kappa shape index (κ1) is 10.7. The van der Waals surface area contributed by atoms with Crippen molar-refractivity contribution in [1.29, 1.82) is 0 Å². The molecule has 0 spiro atoms. The second kappa shape index (κ2) is 5.36. The molecule has 1 aliphatic rings. The van der Waals surface area contributed by atoms with Gasteiger partial charge in [-0.05, 0) is 0 Å². The average Bonchev–Trinajstić information content (AvgIpc) is 2.94. The number of rotatable bonds is 3. The molecule has 1 atom stereocenters. The summed E-state index contributed by atoms with van der Waals surface area (Å²) in [6.45, 7) is 2.50. The van der Waals surface area contributed by atoms with Gasteiger partial charge in [-0.15, -0.1) is 0 Å². The van der Waals surface area contributed by atoms with Crippen molar-refractivity contribution in [3.05, 3.63) is 18.2 Å². The lowest BCUT2D eigenvalue weighted by atomic mass is 10.2. The Morgan fingerprint density at radius 3 is 2.71 bits per heavy atom. The van der Waals surface area contributed by atoms with Gasteiger partial charge in [0.1, 0.15) is 6.04 Å². The van der Waals surface area contributed by atoms with Crippen LogP contribution < -0.4 is 11.1 Å². The van der Waals surface area contributed by atoms with Crippen LogP contribution in [0.4, 0.5) is 0 Å². The van der Waals surface area contributed by atoms with Gasteiger partial charge >= 0.3 is 5.97 Å². The highest BCUT2D eigenvalue weighted by Crippen LogP contribution is 1.95. The van der Waals surface area contributed by atoms with Gasteiger partial charge in [-0.1, -0.05) is 0 Å². The first-order valence-electron chi connectivity index (χ1n) is 4.36. The van der Waals surface area contributed by atoms with Crippen molar-refractivity contribution in [2.75, 3.05) is 13.1 Å². The number of carboxylic acids is 1. The number of carboxylic acid groups (broad SMARTS) is 1. The Labute approximate surface area is 81.5 Å². The molecule has 1 saturated heterocycles.